The molecular formula is C13H17N3O2. The number of methoxy groups -OCH3 is 1. The lowest BCUT2D eigenvalue weighted by Crippen LogP contribution is -2.30. The minimum atomic E-state index is -0.173. The van der Waals surface area contributed by atoms with Gasteiger partial charge in [0.25, 0.3) is 0 Å². The highest BCUT2D eigenvalue weighted by molar-refractivity contribution is 5.93. The van der Waals surface area contributed by atoms with E-state index in [0.29, 0.717) is 24.4 Å². The maximum Gasteiger partial charge on any atom is 0.238 e. The molecule has 0 atom stereocenters. The third-order valence-electron chi connectivity index (χ3n) is 2.43. The Bertz CT molecular complexity index is 452. The smallest absolute Gasteiger partial charge is 0.238 e. The molecule has 0 aliphatic carbocycles. The number of nitrogens with one attached hydrogen (secondary N) is 2. The third kappa shape index (κ3) is 4.17. The Kier molecular flexibility index (Phi) is 5.85. The summed E-state index contributed by atoms with van der Waals surface area (Å²) in [5, 5.41) is 14.7. The van der Waals surface area contributed by atoms with Gasteiger partial charge in [0.05, 0.1) is 24.4 Å². The van der Waals surface area contributed by atoms with Crippen LogP contribution in [0.4, 0.5) is 5.69 Å². The van der Waals surface area contributed by atoms with E-state index in [1.165, 1.54) is 0 Å². The molecule has 0 spiro atoms. The van der Waals surface area contributed by atoms with Gasteiger partial charge in [-0.1, -0.05) is 12.1 Å². The molecule has 0 bridgehead atoms. The average molecular weight is 247 g/mol. The van der Waals surface area contributed by atoms with E-state index in [0.717, 1.165) is 5.56 Å². The van der Waals surface area contributed by atoms with E-state index < -0.39 is 0 Å². The van der Waals surface area contributed by atoms with Gasteiger partial charge < -0.3 is 15.4 Å². The normalized spacial score (nSPS) is 9.83. The first-order valence-electron chi connectivity index (χ1n) is 5.68. The molecule has 0 saturated heterocycles. The molecule has 0 aromatic heterocycles. The number of benzene rings is 1. The van der Waals surface area contributed by atoms with Crippen molar-refractivity contribution in [2.75, 3.05) is 32.1 Å². The first kappa shape index (κ1) is 14.2. The second kappa shape index (κ2) is 7.43. The van der Waals surface area contributed by atoms with Gasteiger partial charge in [0.15, 0.2) is 0 Å². The summed E-state index contributed by atoms with van der Waals surface area (Å²) in [5.74, 6) is -0.173. The molecule has 1 aromatic carbocycles. The van der Waals surface area contributed by atoms with E-state index in [4.69, 9.17) is 10.00 Å². The van der Waals surface area contributed by atoms with E-state index in [-0.39, 0.29) is 12.5 Å². The SMILES string of the molecule is COCCNCC(=O)Nc1cccc(C)c1C#N. The molecule has 18 heavy (non-hydrogen) atoms. The maximum atomic E-state index is 11.6. The highest BCUT2D eigenvalue weighted by atomic mass is 16.5. The van der Waals surface area contributed by atoms with Crippen molar-refractivity contribution in [3.63, 3.8) is 0 Å². The van der Waals surface area contributed by atoms with Gasteiger partial charge in [0.1, 0.15) is 6.07 Å². The zero-order valence-electron chi connectivity index (χ0n) is 10.6. The van der Waals surface area contributed by atoms with Crippen LogP contribution in [0.25, 0.3) is 0 Å². The number of anilines is 1. The molecule has 96 valence electrons. The Morgan fingerprint density at radius 2 is 2.28 bits per heavy atom. The number of amides is 1. The quantitative estimate of drug-likeness (QED) is 0.737. The number of nitriles is 1. The standard InChI is InChI=1S/C13H17N3O2/c1-10-4-3-5-12(11(10)8-14)16-13(17)9-15-6-7-18-2/h3-5,15H,6-7,9H2,1-2H3,(H,16,17). The molecule has 0 heterocycles. The van der Waals surface area contributed by atoms with E-state index in [1.807, 2.05) is 19.1 Å². The Balaban J connectivity index is 2.55. The molecule has 0 aliphatic rings. The van der Waals surface area contributed by atoms with Gasteiger partial charge in [-0.2, -0.15) is 5.26 Å². The van der Waals surface area contributed by atoms with Crippen LogP contribution >= 0.6 is 0 Å². The summed E-state index contributed by atoms with van der Waals surface area (Å²) < 4.78 is 4.86. The molecular weight excluding hydrogens is 230 g/mol. The monoisotopic (exact) mass is 247 g/mol. The zero-order valence-corrected chi connectivity index (χ0v) is 10.6. The fraction of sp³-hybridized carbons (Fsp3) is 0.385. The summed E-state index contributed by atoms with van der Waals surface area (Å²) in [4.78, 5) is 11.6. The topological polar surface area (TPSA) is 74.2 Å². The van der Waals surface area contributed by atoms with Crippen molar-refractivity contribution >= 4 is 11.6 Å². The van der Waals surface area contributed by atoms with Crippen molar-refractivity contribution < 1.29 is 9.53 Å². The molecule has 0 saturated carbocycles. The molecule has 5 nitrogen and oxygen atoms in total. The number of rotatable bonds is 6. The summed E-state index contributed by atoms with van der Waals surface area (Å²) in [6, 6.07) is 7.46. The zero-order chi connectivity index (χ0) is 13.4. The number of aryl methyl sites for hydroxylation is 1. The van der Waals surface area contributed by atoms with Gasteiger partial charge in [-0.3, -0.25) is 4.79 Å². The van der Waals surface area contributed by atoms with Crippen molar-refractivity contribution in [3.8, 4) is 6.07 Å². The van der Waals surface area contributed by atoms with Crippen LogP contribution < -0.4 is 10.6 Å². The summed E-state index contributed by atoms with van der Waals surface area (Å²) in [6.07, 6.45) is 0. The van der Waals surface area contributed by atoms with E-state index in [9.17, 15) is 4.79 Å². The third-order valence-corrected chi connectivity index (χ3v) is 2.43. The molecule has 1 amide bonds. The Morgan fingerprint density at radius 3 is 2.94 bits per heavy atom. The van der Waals surface area contributed by atoms with Gasteiger partial charge in [-0.05, 0) is 18.6 Å². The minimum absolute atomic E-state index is 0.173. The van der Waals surface area contributed by atoms with Gasteiger partial charge >= 0.3 is 0 Å². The molecule has 2 N–H and O–H groups in total. The Morgan fingerprint density at radius 1 is 1.50 bits per heavy atom. The number of hydrogen-bond donors (Lipinski definition) is 2. The van der Waals surface area contributed by atoms with Crippen LogP contribution in [0.15, 0.2) is 18.2 Å². The molecule has 0 fully saturated rings. The van der Waals surface area contributed by atoms with Crippen LogP contribution in [-0.2, 0) is 9.53 Å². The van der Waals surface area contributed by atoms with Crippen LogP contribution in [0.3, 0.4) is 0 Å². The van der Waals surface area contributed by atoms with E-state index >= 15 is 0 Å². The fourth-order valence-electron chi connectivity index (χ4n) is 1.49. The lowest BCUT2D eigenvalue weighted by atomic mass is 10.1. The highest BCUT2D eigenvalue weighted by Crippen LogP contribution is 2.17. The lowest BCUT2D eigenvalue weighted by Gasteiger charge is -2.09. The summed E-state index contributed by atoms with van der Waals surface area (Å²) >= 11 is 0. The van der Waals surface area contributed by atoms with Crippen LogP contribution in [0, 0.1) is 18.3 Å². The molecule has 0 aliphatic heterocycles. The molecule has 0 radical (unpaired) electrons. The molecule has 5 heteroatoms. The van der Waals surface area contributed by atoms with Crippen molar-refractivity contribution in [1.82, 2.24) is 5.32 Å². The van der Waals surface area contributed by atoms with Crippen molar-refractivity contribution in [1.29, 1.82) is 5.26 Å². The van der Waals surface area contributed by atoms with Gasteiger partial charge in [0, 0.05) is 13.7 Å². The number of carbonyl (C=O) groups is 1. The van der Waals surface area contributed by atoms with Crippen LogP contribution in [0.5, 0.6) is 0 Å². The number of ether oxygens (including phenoxy) is 1. The first-order valence-corrected chi connectivity index (χ1v) is 5.68. The summed E-state index contributed by atoms with van der Waals surface area (Å²) in [6.45, 7) is 3.21. The Hall–Kier alpha value is -1.90. The number of carbonyl (C=O) groups excluding carboxylic acids is 1. The van der Waals surface area contributed by atoms with E-state index in [2.05, 4.69) is 16.7 Å². The van der Waals surface area contributed by atoms with Gasteiger partial charge in [0.2, 0.25) is 5.91 Å². The maximum absolute atomic E-state index is 11.6. The van der Waals surface area contributed by atoms with Crippen molar-refractivity contribution in [2.24, 2.45) is 0 Å². The summed E-state index contributed by atoms with van der Waals surface area (Å²) in [7, 11) is 1.60. The lowest BCUT2D eigenvalue weighted by molar-refractivity contribution is -0.115. The fourth-order valence-corrected chi connectivity index (χ4v) is 1.49. The van der Waals surface area contributed by atoms with Gasteiger partial charge in [-0.15, -0.1) is 0 Å². The second-order valence-corrected chi connectivity index (χ2v) is 3.83. The second-order valence-electron chi connectivity index (χ2n) is 3.83. The van der Waals surface area contributed by atoms with E-state index in [1.54, 1.807) is 13.2 Å². The highest BCUT2D eigenvalue weighted by Gasteiger charge is 2.07. The molecule has 1 rings (SSSR count). The minimum Gasteiger partial charge on any atom is -0.383 e. The van der Waals surface area contributed by atoms with Crippen molar-refractivity contribution in [3.05, 3.63) is 29.3 Å². The predicted octanol–water partition coefficient (Wildman–Crippen LogP) is 1.04. The van der Waals surface area contributed by atoms with Crippen LogP contribution in [0.1, 0.15) is 11.1 Å². The number of hydrogen-bond acceptors (Lipinski definition) is 4. The Labute approximate surface area is 107 Å². The van der Waals surface area contributed by atoms with Gasteiger partial charge in [-0.25, -0.2) is 0 Å². The first-order chi connectivity index (χ1) is 8.69. The number of nitrogens with zero attached hydrogens (tertiary/aromatic N) is 1. The largest absolute Gasteiger partial charge is 0.383 e. The summed E-state index contributed by atoms with van der Waals surface area (Å²) in [5.41, 5.74) is 1.90. The van der Waals surface area contributed by atoms with Crippen LogP contribution in [0.2, 0.25) is 0 Å². The predicted molar refractivity (Wildman–Crippen MR) is 69.3 cm³/mol. The molecule has 1 aromatic rings. The van der Waals surface area contributed by atoms with Crippen molar-refractivity contribution in [2.45, 2.75) is 6.92 Å². The average Bonchev–Trinajstić information content (AvgIpc) is 2.35. The van der Waals surface area contributed by atoms with Crippen LogP contribution in [-0.4, -0.2) is 32.7 Å². The molecule has 0 unspecified atom stereocenters.